The number of morpholine rings is 1. The largest absolute Gasteiger partial charge is 0.378 e. The number of carbonyl (C=O) groups is 1. The van der Waals surface area contributed by atoms with Crippen LogP contribution in [0.1, 0.15) is 20.8 Å². The molecule has 1 saturated heterocycles. The first kappa shape index (κ1) is 15.1. The summed E-state index contributed by atoms with van der Waals surface area (Å²) in [6.45, 7) is 8.59. The van der Waals surface area contributed by atoms with E-state index in [1.54, 1.807) is 0 Å². The molecule has 0 atom stereocenters. The summed E-state index contributed by atoms with van der Waals surface area (Å²) in [4.78, 5) is 14.3. The maximum Gasteiger partial charge on any atom is 0.229 e. The van der Waals surface area contributed by atoms with E-state index in [1.807, 2.05) is 39.0 Å². The summed E-state index contributed by atoms with van der Waals surface area (Å²) in [5, 5.41) is 3.63. The number of rotatable bonds is 2. The monoisotopic (exact) mass is 296 g/mol. The molecule has 1 N–H and O–H groups in total. The maximum atomic E-state index is 12.2. The molecule has 0 unspecified atom stereocenters. The van der Waals surface area contributed by atoms with Gasteiger partial charge in [-0.3, -0.25) is 4.79 Å². The van der Waals surface area contributed by atoms with Gasteiger partial charge in [0, 0.05) is 18.5 Å². The average molecular weight is 297 g/mol. The highest BCUT2D eigenvalue weighted by Crippen LogP contribution is 2.35. The molecular weight excluding hydrogens is 276 g/mol. The third-order valence-electron chi connectivity index (χ3n) is 3.24. The molecule has 2 rings (SSSR count). The van der Waals surface area contributed by atoms with E-state index in [-0.39, 0.29) is 5.91 Å². The number of nitrogens with zero attached hydrogens (tertiary/aromatic N) is 1. The van der Waals surface area contributed by atoms with Crippen molar-refractivity contribution in [1.82, 2.24) is 0 Å². The van der Waals surface area contributed by atoms with Gasteiger partial charge in [-0.15, -0.1) is 0 Å². The van der Waals surface area contributed by atoms with E-state index >= 15 is 0 Å². The van der Waals surface area contributed by atoms with Gasteiger partial charge in [-0.1, -0.05) is 38.4 Å². The molecule has 1 fully saturated rings. The Kier molecular flexibility index (Phi) is 4.55. The van der Waals surface area contributed by atoms with Crippen molar-refractivity contribution < 1.29 is 9.53 Å². The first-order chi connectivity index (χ1) is 9.39. The van der Waals surface area contributed by atoms with Crippen LogP contribution in [0, 0.1) is 5.41 Å². The predicted octanol–water partition coefficient (Wildman–Crippen LogP) is 3.16. The normalized spacial score (nSPS) is 16.1. The fraction of sp³-hybridized carbons (Fsp3) is 0.533. The number of halogens is 1. The van der Waals surface area contributed by atoms with Gasteiger partial charge >= 0.3 is 0 Å². The van der Waals surface area contributed by atoms with Gasteiger partial charge < -0.3 is 15.0 Å². The van der Waals surface area contributed by atoms with Gasteiger partial charge in [0.05, 0.1) is 29.6 Å². The summed E-state index contributed by atoms with van der Waals surface area (Å²) < 4.78 is 5.36. The number of amides is 1. The first-order valence-corrected chi connectivity index (χ1v) is 7.20. The zero-order valence-electron chi connectivity index (χ0n) is 12.2. The molecular formula is C15H21ClN2O2. The number of carbonyl (C=O) groups excluding carboxylic acids is 1. The van der Waals surface area contributed by atoms with Crippen LogP contribution in [-0.2, 0) is 9.53 Å². The minimum atomic E-state index is -0.440. The predicted molar refractivity (Wildman–Crippen MR) is 82.6 cm³/mol. The second kappa shape index (κ2) is 6.02. The quantitative estimate of drug-likeness (QED) is 0.911. The Morgan fingerprint density at radius 2 is 1.95 bits per heavy atom. The van der Waals surface area contributed by atoms with Crippen molar-refractivity contribution in [2.75, 3.05) is 36.5 Å². The lowest BCUT2D eigenvalue weighted by Crippen LogP contribution is -2.37. The van der Waals surface area contributed by atoms with Crippen molar-refractivity contribution >= 4 is 28.9 Å². The van der Waals surface area contributed by atoms with Crippen LogP contribution >= 0.6 is 11.6 Å². The Bertz CT molecular complexity index is 491. The summed E-state index contributed by atoms with van der Waals surface area (Å²) in [6, 6.07) is 5.59. The zero-order chi connectivity index (χ0) is 14.8. The molecule has 5 heteroatoms. The Labute approximate surface area is 125 Å². The third kappa shape index (κ3) is 3.44. The van der Waals surface area contributed by atoms with Gasteiger partial charge in [0.15, 0.2) is 0 Å². The van der Waals surface area contributed by atoms with Crippen molar-refractivity contribution in [2.24, 2.45) is 5.41 Å². The molecule has 1 heterocycles. The topological polar surface area (TPSA) is 41.6 Å². The molecule has 1 aromatic carbocycles. The SMILES string of the molecule is CC(C)(C)C(=O)Nc1cccc(Cl)c1N1CCOCC1. The van der Waals surface area contributed by atoms with Crippen LogP contribution in [0.4, 0.5) is 11.4 Å². The number of hydrogen-bond acceptors (Lipinski definition) is 3. The number of anilines is 2. The average Bonchev–Trinajstić information content (AvgIpc) is 2.39. The van der Waals surface area contributed by atoms with Gasteiger partial charge in [-0.2, -0.15) is 0 Å². The lowest BCUT2D eigenvalue weighted by atomic mass is 9.95. The van der Waals surface area contributed by atoms with Crippen molar-refractivity contribution in [3.8, 4) is 0 Å². The highest BCUT2D eigenvalue weighted by molar-refractivity contribution is 6.34. The summed E-state index contributed by atoms with van der Waals surface area (Å²) in [5.74, 6) is -0.0192. The van der Waals surface area contributed by atoms with Gasteiger partial charge in [-0.25, -0.2) is 0 Å². The van der Waals surface area contributed by atoms with Crippen LogP contribution in [0.5, 0.6) is 0 Å². The minimum absolute atomic E-state index is 0.0192. The summed E-state index contributed by atoms with van der Waals surface area (Å²) in [5.41, 5.74) is 1.21. The molecule has 1 aliphatic rings. The fourth-order valence-corrected chi connectivity index (χ4v) is 2.33. The van der Waals surface area contributed by atoms with E-state index in [0.29, 0.717) is 18.2 Å². The summed E-state index contributed by atoms with van der Waals surface area (Å²) in [7, 11) is 0. The van der Waals surface area contributed by atoms with Crippen LogP contribution in [0.15, 0.2) is 18.2 Å². The Hall–Kier alpha value is -1.26. The van der Waals surface area contributed by atoms with E-state index in [9.17, 15) is 4.79 Å². The van der Waals surface area contributed by atoms with Gasteiger partial charge in [-0.05, 0) is 12.1 Å². The zero-order valence-corrected chi connectivity index (χ0v) is 13.0. The minimum Gasteiger partial charge on any atom is -0.378 e. The van der Waals surface area contributed by atoms with Crippen molar-refractivity contribution in [2.45, 2.75) is 20.8 Å². The maximum absolute atomic E-state index is 12.2. The summed E-state index contributed by atoms with van der Waals surface area (Å²) >= 11 is 6.33. The van der Waals surface area contributed by atoms with Crippen LogP contribution in [-0.4, -0.2) is 32.2 Å². The third-order valence-corrected chi connectivity index (χ3v) is 3.55. The lowest BCUT2D eigenvalue weighted by molar-refractivity contribution is -0.123. The van der Waals surface area contributed by atoms with Gasteiger partial charge in [0.25, 0.3) is 0 Å². The number of benzene rings is 1. The lowest BCUT2D eigenvalue weighted by Gasteiger charge is -2.31. The van der Waals surface area contributed by atoms with E-state index in [0.717, 1.165) is 24.5 Å². The molecule has 20 heavy (non-hydrogen) atoms. The molecule has 1 aliphatic heterocycles. The first-order valence-electron chi connectivity index (χ1n) is 6.82. The Morgan fingerprint density at radius 1 is 1.30 bits per heavy atom. The highest BCUT2D eigenvalue weighted by atomic mass is 35.5. The fourth-order valence-electron chi connectivity index (χ4n) is 2.03. The van der Waals surface area contributed by atoms with E-state index in [4.69, 9.17) is 16.3 Å². The molecule has 0 saturated carbocycles. The van der Waals surface area contributed by atoms with Crippen LogP contribution < -0.4 is 10.2 Å². The number of hydrogen-bond donors (Lipinski definition) is 1. The number of para-hydroxylation sites is 1. The van der Waals surface area contributed by atoms with Crippen LogP contribution in [0.3, 0.4) is 0 Å². The molecule has 0 radical (unpaired) electrons. The van der Waals surface area contributed by atoms with Crippen LogP contribution in [0.2, 0.25) is 5.02 Å². The Balaban J connectivity index is 2.28. The molecule has 110 valence electrons. The number of ether oxygens (including phenoxy) is 1. The van der Waals surface area contributed by atoms with E-state index in [1.165, 1.54) is 0 Å². The molecule has 0 bridgehead atoms. The molecule has 4 nitrogen and oxygen atoms in total. The van der Waals surface area contributed by atoms with Crippen molar-refractivity contribution in [1.29, 1.82) is 0 Å². The van der Waals surface area contributed by atoms with Crippen LogP contribution in [0.25, 0.3) is 0 Å². The molecule has 1 aromatic rings. The second-order valence-electron chi connectivity index (χ2n) is 5.94. The van der Waals surface area contributed by atoms with Gasteiger partial charge in [0.2, 0.25) is 5.91 Å². The summed E-state index contributed by atoms with van der Waals surface area (Å²) in [6.07, 6.45) is 0. The van der Waals surface area contributed by atoms with E-state index < -0.39 is 5.41 Å². The van der Waals surface area contributed by atoms with E-state index in [2.05, 4.69) is 10.2 Å². The van der Waals surface area contributed by atoms with Gasteiger partial charge in [0.1, 0.15) is 0 Å². The van der Waals surface area contributed by atoms with Crippen molar-refractivity contribution in [3.63, 3.8) is 0 Å². The molecule has 0 aliphatic carbocycles. The molecule has 0 spiro atoms. The Morgan fingerprint density at radius 3 is 2.55 bits per heavy atom. The second-order valence-corrected chi connectivity index (χ2v) is 6.35. The molecule has 0 aromatic heterocycles. The smallest absolute Gasteiger partial charge is 0.229 e. The highest BCUT2D eigenvalue weighted by Gasteiger charge is 2.24. The number of nitrogens with one attached hydrogen (secondary N) is 1. The van der Waals surface area contributed by atoms with Crippen molar-refractivity contribution in [3.05, 3.63) is 23.2 Å². The molecule has 1 amide bonds. The standard InChI is InChI=1S/C15H21ClN2O2/c1-15(2,3)14(19)17-12-6-4-5-11(16)13(12)18-7-9-20-10-8-18/h4-6H,7-10H2,1-3H3,(H,17,19).